The number of ether oxygens (including phenoxy) is 1. The normalized spacial score (nSPS) is 10.8. The molecule has 156 valence electrons. The fourth-order valence-corrected chi connectivity index (χ4v) is 2.78. The molecule has 2 aromatic heterocycles. The van der Waals surface area contributed by atoms with Crippen LogP contribution in [0.15, 0.2) is 36.7 Å². The number of carbonyl (C=O) groups is 1. The summed E-state index contributed by atoms with van der Waals surface area (Å²) >= 11 is 0. The van der Waals surface area contributed by atoms with E-state index in [9.17, 15) is 14.9 Å². The zero-order valence-corrected chi connectivity index (χ0v) is 17.1. The number of aromatic nitrogens is 4. The third kappa shape index (κ3) is 4.59. The highest BCUT2D eigenvalue weighted by atomic mass is 16.6. The molecule has 0 aliphatic heterocycles. The van der Waals surface area contributed by atoms with Crippen LogP contribution >= 0.6 is 0 Å². The van der Waals surface area contributed by atoms with Crippen LogP contribution in [0.2, 0.25) is 0 Å². The van der Waals surface area contributed by atoms with Crippen molar-refractivity contribution >= 4 is 23.2 Å². The van der Waals surface area contributed by atoms with Crippen molar-refractivity contribution in [3.8, 4) is 5.82 Å². The van der Waals surface area contributed by atoms with Gasteiger partial charge in [0.15, 0.2) is 0 Å². The first-order valence-electron chi connectivity index (χ1n) is 9.33. The fraction of sp³-hybridized carbons (Fsp3) is 0.300. The van der Waals surface area contributed by atoms with Crippen molar-refractivity contribution in [2.75, 3.05) is 11.9 Å². The number of aryl methyl sites for hydroxylation is 2. The summed E-state index contributed by atoms with van der Waals surface area (Å²) in [6.07, 6.45) is 1.23. The van der Waals surface area contributed by atoms with E-state index in [-0.39, 0.29) is 23.2 Å². The molecule has 0 amide bonds. The molecule has 3 aromatic rings. The first kappa shape index (κ1) is 20.9. The summed E-state index contributed by atoms with van der Waals surface area (Å²) in [5, 5.41) is 19.0. The molecule has 0 atom stereocenters. The minimum absolute atomic E-state index is 0.0210. The molecule has 10 heteroatoms. The van der Waals surface area contributed by atoms with Crippen molar-refractivity contribution in [3.05, 3.63) is 63.7 Å². The van der Waals surface area contributed by atoms with Crippen molar-refractivity contribution in [1.29, 1.82) is 0 Å². The second kappa shape index (κ2) is 8.68. The van der Waals surface area contributed by atoms with Gasteiger partial charge in [0.1, 0.15) is 6.33 Å². The van der Waals surface area contributed by atoms with Crippen molar-refractivity contribution in [1.82, 2.24) is 19.7 Å². The number of benzene rings is 1. The van der Waals surface area contributed by atoms with Gasteiger partial charge in [0, 0.05) is 11.4 Å². The van der Waals surface area contributed by atoms with Gasteiger partial charge >= 0.3 is 11.7 Å². The lowest BCUT2D eigenvalue weighted by molar-refractivity contribution is -0.384. The molecule has 0 unspecified atom stereocenters. The largest absolute Gasteiger partial charge is 0.462 e. The van der Waals surface area contributed by atoms with Crippen LogP contribution in [0.1, 0.15) is 35.6 Å². The topological polar surface area (TPSA) is 125 Å². The van der Waals surface area contributed by atoms with E-state index >= 15 is 0 Å². The van der Waals surface area contributed by atoms with Crippen LogP contribution < -0.4 is 5.32 Å². The van der Waals surface area contributed by atoms with Crippen LogP contribution in [0.3, 0.4) is 0 Å². The Morgan fingerprint density at radius 1 is 1.23 bits per heavy atom. The minimum Gasteiger partial charge on any atom is -0.462 e. The van der Waals surface area contributed by atoms with E-state index in [0.29, 0.717) is 23.6 Å². The summed E-state index contributed by atoms with van der Waals surface area (Å²) < 4.78 is 6.61. The molecule has 0 saturated heterocycles. The second-order valence-corrected chi connectivity index (χ2v) is 7.19. The lowest BCUT2D eigenvalue weighted by Gasteiger charge is -2.10. The number of nitro groups is 1. The van der Waals surface area contributed by atoms with Crippen molar-refractivity contribution in [2.24, 2.45) is 5.92 Å². The molecule has 0 saturated carbocycles. The van der Waals surface area contributed by atoms with E-state index < -0.39 is 10.9 Å². The smallest absolute Gasteiger partial charge is 0.355 e. The van der Waals surface area contributed by atoms with Gasteiger partial charge in [0.2, 0.25) is 11.6 Å². The van der Waals surface area contributed by atoms with Gasteiger partial charge in [0.05, 0.1) is 22.8 Å². The molecule has 0 spiro atoms. The van der Waals surface area contributed by atoms with E-state index in [1.165, 1.54) is 11.0 Å². The standard InChI is InChI=1S/C20H22N6O4/c1-12(2)10-30-20(27)15-5-7-16(8-6-15)23-18-17(26(28)29)19(22-11-21-18)25-14(4)9-13(3)24-25/h5-9,11-12H,10H2,1-4H3,(H,21,22,23). The summed E-state index contributed by atoms with van der Waals surface area (Å²) in [6.45, 7) is 7.82. The Kier molecular flexibility index (Phi) is 6.05. The Balaban J connectivity index is 1.88. The number of nitrogens with one attached hydrogen (secondary N) is 1. The first-order chi connectivity index (χ1) is 14.3. The number of anilines is 2. The zero-order chi connectivity index (χ0) is 21.8. The molecular weight excluding hydrogens is 388 g/mol. The maximum Gasteiger partial charge on any atom is 0.355 e. The van der Waals surface area contributed by atoms with E-state index in [2.05, 4.69) is 20.4 Å². The lowest BCUT2D eigenvalue weighted by atomic mass is 10.2. The van der Waals surface area contributed by atoms with Crippen LogP contribution in [0.4, 0.5) is 17.2 Å². The van der Waals surface area contributed by atoms with Gasteiger partial charge in [-0.1, -0.05) is 13.8 Å². The molecule has 0 fully saturated rings. The molecule has 0 aliphatic rings. The molecule has 2 heterocycles. The Morgan fingerprint density at radius 3 is 2.50 bits per heavy atom. The molecular formula is C20H22N6O4. The van der Waals surface area contributed by atoms with E-state index in [0.717, 1.165) is 5.69 Å². The first-order valence-corrected chi connectivity index (χ1v) is 9.33. The number of esters is 1. The maximum atomic E-state index is 12.0. The van der Waals surface area contributed by atoms with Crippen molar-refractivity contribution in [3.63, 3.8) is 0 Å². The molecule has 1 N–H and O–H groups in total. The van der Waals surface area contributed by atoms with Gasteiger partial charge in [0.25, 0.3) is 0 Å². The van der Waals surface area contributed by atoms with Crippen LogP contribution in [0, 0.1) is 29.9 Å². The fourth-order valence-electron chi connectivity index (χ4n) is 2.78. The molecule has 10 nitrogen and oxygen atoms in total. The predicted octanol–water partition coefficient (Wildman–Crippen LogP) is 3.74. The van der Waals surface area contributed by atoms with Gasteiger partial charge in [-0.15, -0.1) is 0 Å². The lowest BCUT2D eigenvalue weighted by Crippen LogP contribution is -2.11. The summed E-state index contributed by atoms with van der Waals surface area (Å²) in [7, 11) is 0. The van der Waals surface area contributed by atoms with Crippen molar-refractivity contribution < 1.29 is 14.5 Å². The summed E-state index contributed by atoms with van der Waals surface area (Å²) in [5.74, 6) is -0.0932. The maximum absolute atomic E-state index is 12.0. The van der Waals surface area contributed by atoms with Crippen LogP contribution in [-0.2, 0) is 4.74 Å². The third-order valence-electron chi connectivity index (χ3n) is 4.13. The summed E-state index contributed by atoms with van der Waals surface area (Å²) in [5.41, 5.74) is 2.04. The average Bonchev–Trinajstić information content (AvgIpc) is 3.04. The highest BCUT2D eigenvalue weighted by Gasteiger charge is 2.26. The molecule has 0 radical (unpaired) electrons. The van der Waals surface area contributed by atoms with Gasteiger partial charge < -0.3 is 10.1 Å². The highest BCUT2D eigenvalue weighted by molar-refractivity contribution is 5.90. The zero-order valence-electron chi connectivity index (χ0n) is 17.1. The van der Waals surface area contributed by atoms with Crippen molar-refractivity contribution in [2.45, 2.75) is 27.7 Å². The Morgan fingerprint density at radius 2 is 1.93 bits per heavy atom. The SMILES string of the molecule is Cc1cc(C)n(-c2ncnc(Nc3ccc(C(=O)OCC(C)C)cc3)c2[N+](=O)[O-])n1. The monoisotopic (exact) mass is 410 g/mol. The molecule has 30 heavy (non-hydrogen) atoms. The predicted molar refractivity (Wildman–Crippen MR) is 110 cm³/mol. The van der Waals surface area contributed by atoms with Crippen LogP contribution in [0.5, 0.6) is 0 Å². The number of carbonyl (C=O) groups excluding carboxylic acids is 1. The Labute approximate surface area is 173 Å². The molecule has 0 bridgehead atoms. The number of hydrogen-bond donors (Lipinski definition) is 1. The Bertz CT molecular complexity index is 1080. The van der Waals surface area contributed by atoms with Gasteiger partial charge in [-0.3, -0.25) is 10.1 Å². The van der Waals surface area contributed by atoms with Gasteiger partial charge in [-0.25, -0.2) is 19.4 Å². The average molecular weight is 410 g/mol. The third-order valence-corrected chi connectivity index (χ3v) is 4.13. The van der Waals surface area contributed by atoms with E-state index in [1.54, 1.807) is 44.2 Å². The Hall–Kier alpha value is -3.82. The minimum atomic E-state index is -0.550. The summed E-state index contributed by atoms with van der Waals surface area (Å²) in [6, 6.07) is 8.22. The van der Waals surface area contributed by atoms with Gasteiger partial charge in [-0.2, -0.15) is 5.10 Å². The quantitative estimate of drug-likeness (QED) is 0.355. The van der Waals surface area contributed by atoms with Gasteiger partial charge in [-0.05, 0) is 50.1 Å². The van der Waals surface area contributed by atoms with E-state index in [1.807, 2.05) is 13.8 Å². The molecule has 0 aliphatic carbocycles. The van der Waals surface area contributed by atoms with Crippen LogP contribution in [0.25, 0.3) is 5.82 Å². The van der Waals surface area contributed by atoms with E-state index in [4.69, 9.17) is 4.74 Å². The highest BCUT2D eigenvalue weighted by Crippen LogP contribution is 2.30. The second-order valence-electron chi connectivity index (χ2n) is 7.19. The molecule has 3 rings (SSSR count). The number of hydrogen-bond acceptors (Lipinski definition) is 8. The number of nitrogens with zero attached hydrogens (tertiary/aromatic N) is 5. The summed E-state index contributed by atoms with van der Waals surface area (Å²) in [4.78, 5) is 31.4. The van der Waals surface area contributed by atoms with Crippen LogP contribution in [-0.4, -0.2) is 37.2 Å². The number of rotatable bonds is 7. The molecule has 1 aromatic carbocycles.